The molecule has 1 N–H and O–H groups in total. The van der Waals surface area contributed by atoms with E-state index >= 15 is 0 Å². The summed E-state index contributed by atoms with van der Waals surface area (Å²) < 4.78 is 5.51. The molecule has 1 saturated heterocycles. The number of hydrogen-bond donors (Lipinski definition) is 1. The number of likely N-dealkylation sites (tertiary alicyclic amines) is 1. The number of ether oxygens (including phenoxy) is 1. The fraction of sp³-hybridized carbons (Fsp3) is 0.538. The van der Waals surface area contributed by atoms with Gasteiger partial charge < -0.3 is 14.7 Å². The lowest BCUT2D eigenvalue weighted by molar-refractivity contribution is 0.162. The van der Waals surface area contributed by atoms with Crippen LogP contribution in [0.4, 0.5) is 0 Å². The van der Waals surface area contributed by atoms with Crippen LogP contribution < -0.4 is 4.74 Å². The van der Waals surface area contributed by atoms with E-state index in [9.17, 15) is 5.11 Å². The van der Waals surface area contributed by atoms with Crippen LogP contribution in [0, 0.1) is 5.92 Å². The second kappa shape index (κ2) is 9.84. The molecule has 4 heteroatoms. The predicted molar refractivity (Wildman–Crippen MR) is 122 cm³/mol. The first kappa shape index (κ1) is 21.2. The average molecular weight is 409 g/mol. The maximum absolute atomic E-state index is 10.3. The second-order valence-electron chi connectivity index (χ2n) is 9.20. The van der Waals surface area contributed by atoms with Gasteiger partial charge >= 0.3 is 0 Å². The third kappa shape index (κ3) is 4.98. The van der Waals surface area contributed by atoms with Gasteiger partial charge in [-0.1, -0.05) is 49.6 Å². The molecule has 30 heavy (non-hydrogen) atoms. The standard InChI is InChI=1S/C26H36N2O2/c1-27(23-11-4-3-5-12-23)16-22-18-28(17-21-9-6-7-14-26(21)29)19-25(22)20-10-8-13-24(15-20)30-2/h6-10,13-15,22-23,25,29H,3-5,11-12,16-19H2,1-2H3. The number of rotatable bonds is 7. The molecule has 0 bridgehead atoms. The Kier molecular flexibility index (Phi) is 6.96. The minimum Gasteiger partial charge on any atom is -0.508 e. The molecule has 1 heterocycles. The number of benzene rings is 2. The van der Waals surface area contributed by atoms with Gasteiger partial charge in [0.15, 0.2) is 0 Å². The molecule has 2 aromatic rings. The zero-order valence-corrected chi connectivity index (χ0v) is 18.5. The highest BCUT2D eigenvalue weighted by Gasteiger charge is 2.35. The van der Waals surface area contributed by atoms with E-state index in [4.69, 9.17) is 4.74 Å². The van der Waals surface area contributed by atoms with Gasteiger partial charge in [0.1, 0.15) is 11.5 Å². The summed E-state index contributed by atoms with van der Waals surface area (Å²) >= 11 is 0. The molecule has 2 atom stereocenters. The van der Waals surface area contributed by atoms with E-state index in [-0.39, 0.29) is 0 Å². The zero-order chi connectivity index (χ0) is 20.9. The Morgan fingerprint density at radius 2 is 1.83 bits per heavy atom. The number of para-hydroxylation sites is 1. The Balaban J connectivity index is 1.51. The highest BCUT2D eigenvalue weighted by molar-refractivity contribution is 5.34. The quantitative estimate of drug-likeness (QED) is 0.708. The summed E-state index contributed by atoms with van der Waals surface area (Å²) in [4.78, 5) is 5.14. The van der Waals surface area contributed by atoms with E-state index in [2.05, 4.69) is 35.0 Å². The van der Waals surface area contributed by atoms with Crippen molar-refractivity contribution in [2.45, 2.75) is 50.6 Å². The Morgan fingerprint density at radius 1 is 1.03 bits per heavy atom. The van der Waals surface area contributed by atoms with Crippen LogP contribution in [0.5, 0.6) is 11.5 Å². The molecule has 0 amide bonds. The van der Waals surface area contributed by atoms with Crippen LogP contribution in [0.2, 0.25) is 0 Å². The van der Waals surface area contributed by atoms with Gasteiger partial charge in [-0.3, -0.25) is 4.90 Å². The van der Waals surface area contributed by atoms with Crippen molar-refractivity contribution in [1.29, 1.82) is 0 Å². The zero-order valence-electron chi connectivity index (χ0n) is 18.5. The van der Waals surface area contributed by atoms with Crippen molar-refractivity contribution < 1.29 is 9.84 Å². The summed E-state index contributed by atoms with van der Waals surface area (Å²) in [6, 6.07) is 17.1. The molecular weight excluding hydrogens is 372 g/mol. The van der Waals surface area contributed by atoms with E-state index in [0.29, 0.717) is 17.6 Å². The third-order valence-corrected chi connectivity index (χ3v) is 7.14. The molecular formula is C26H36N2O2. The number of methoxy groups -OCH3 is 1. The Labute approximate surface area is 181 Å². The Morgan fingerprint density at radius 3 is 2.60 bits per heavy atom. The molecule has 1 aliphatic carbocycles. The van der Waals surface area contributed by atoms with Crippen LogP contribution >= 0.6 is 0 Å². The molecule has 1 aliphatic heterocycles. The number of nitrogens with zero attached hydrogens (tertiary/aromatic N) is 2. The monoisotopic (exact) mass is 408 g/mol. The van der Waals surface area contributed by atoms with E-state index in [0.717, 1.165) is 43.5 Å². The molecule has 0 aromatic heterocycles. The average Bonchev–Trinajstić information content (AvgIpc) is 3.18. The SMILES string of the molecule is COc1cccc(C2CN(Cc3ccccc3O)CC2CN(C)C2CCCCC2)c1. The van der Waals surface area contributed by atoms with Crippen molar-refractivity contribution in [1.82, 2.24) is 9.80 Å². The van der Waals surface area contributed by atoms with Gasteiger partial charge in [-0.15, -0.1) is 0 Å². The van der Waals surface area contributed by atoms with Gasteiger partial charge in [0.05, 0.1) is 7.11 Å². The molecule has 0 spiro atoms. The summed E-state index contributed by atoms with van der Waals surface area (Å²) in [7, 11) is 4.07. The topological polar surface area (TPSA) is 35.9 Å². The van der Waals surface area contributed by atoms with Crippen molar-refractivity contribution in [2.24, 2.45) is 5.92 Å². The number of phenolic OH excluding ortho intramolecular Hbond substituents is 1. The fourth-order valence-corrected chi connectivity index (χ4v) is 5.45. The largest absolute Gasteiger partial charge is 0.508 e. The van der Waals surface area contributed by atoms with Crippen molar-refractivity contribution in [3.63, 3.8) is 0 Å². The molecule has 162 valence electrons. The Hall–Kier alpha value is -2.04. The minimum absolute atomic E-state index is 0.401. The molecule has 2 aromatic carbocycles. The summed E-state index contributed by atoms with van der Waals surface area (Å²) in [6.07, 6.45) is 6.83. The predicted octanol–water partition coefficient (Wildman–Crippen LogP) is 4.88. The first-order valence-electron chi connectivity index (χ1n) is 11.5. The normalized spacial score (nSPS) is 23.2. The Bertz CT molecular complexity index is 818. The molecule has 2 aliphatic rings. The van der Waals surface area contributed by atoms with E-state index in [1.165, 1.54) is 37.7 Å². The van der Waals surface area contributed by atoms with Crippen molar-refractivity contribution >= 4 is 0 Å². The lowest BCUT2D eigenvalue weighted by atomic mass is 9.87. The van der Waals surface area contributed by atoms with Crippen LogP contribution in [-0.2, 0) is 6.54 Å². The summed E-state index contributed by atoms with van der Waals surface area (Å²) in [5.41, 5.74) is 2.39. The third-order valence-electron chi connectivity index (χ3n) is 7.14. The highest BCUT2D eigenvalue weighted by Crippen LogP contribution is 2.37. The van der Waals surface area contributed by atoms with Crippen molar-refractivity contribution in [2.75, 3.05) is 33.8 Å². The molecule has 2 fully saturated rings. The van der Waals surface area contributed by atoms with Gasteiger partial charge in [0.25, 0.3) is 0 Å². The number of aromatic hydroxyl groups is 1. The first-order valence-corrected chi connectivity index (χ1v) is 11.5. The summed E-state index contributed by atoms with van der Waals surface area (Å²) in [5, 5.41) is 10.3. The number of hydrogen-bond acceptors (Lipinski definition) is 4. The first-order chi connectivity index (χ1) is 14.6. The molecule has 1 saturated carbocycles. The summed E-state index contributed by atoms with van der Waals surface area (Å²) in [5.74, 6) is 2.40. The number of phenols is 1. The van der Waals surface area contributed by atoms with E-state index < -0.39 is 0 Å². The van der Waals surface area contributed by atoms with Crippen LogP contribution in [-0.4, -0.2) is 54.7 Å². The van der Waals surface area contributed by atoms with Gasteiger partial charge in [-0.05, 0) is 49.6 Å². The fourth-order valence-electron chi connectivity index (χ4n) is 5.45. The maximum Gasteiger partial charge on any atom is 0.120 e. The maximum atomic E-state index is 10.3. The van der Waals surface area contributed by atoms with Crippen molar-refractivity contribution in [3.05, 3.63) is 59.7 Å². The second-order valence-corrected chi connectivity index (χ2v) is 9.20. The lowest BCUT2D eigenvalue weighted by Gasteiger charge is -2.34. The lowest BCUT2D eigenvalue weighted by Crippen LogP contribution is -2.38. The van der Waals surface area contributed by atoms with Gasteiger partial charge in [0, 0.05) is 43.7 Å². The minimum atomic E-state index is 0.401. The smallest absolute Gasteiger partial charge is 0.120 e. The highest BCUT2D eigenvalue weighted by atomic mass is 16.5. The van der Waals surface area contributed by atoms with Crippen LogP contribution in [0.15, 0.2) is 48.5 Å². The molecule has 4 nitrogen and oxygen atoms in total. The van der Waals surface area contributed by atoms with Crippen molar-refractivity contribution in [3.8, 4) is 11.5 Å². The van der Waals surface area contributed by atoms with Gasteiger partial charge in [-0.25, -0.2) is 0 Å². The van der Waals surface area contributed by atoms with E-state index in [1.54, 1.807) is 13.2 Å². The van der Waals surface area contributed by atoms with Gasteiger partial charge in [0.2, 0.25) is 0 Å². The van der Waals surface area contributed by atoms with E-state index in [1.807, 2.05) is 24.3 Å². The van der Waals surface area contributed by atoms with Gasteiger partial charge in [-0.2, -0.15) is 0 Å². The molecule has 4 rings (SSSR count). The van der Waals surface area contributed by atoms with Crippen LogP contribution in [0.1, 0.15) is 49.1 Å². The van der Waals surface area contributed by atoms with Crippen LogP contribution in [0.3, 0.4) is 0 Å². The molecule has 0 radical (unpaired) electrons. The van der Waals surface area contributed by atoms with Crippen LogP contribution in [0.25, 0.3) is 0 Å². The summed E-state index contributed by atoms with van der Waals surface area (Å²) in [6.45, 7) is 4.01. The molecule has 2 unspecified atom stereocenters.